The summed E-state index contributed by atoms with van der Waals surface area (Å²) in [7, 11) is 0. The number of aromatic nitrogens is 1. The first-order chi connectivity index (χ1) is 6.74. The zero-order chi connectivity index (χ0) is 9.97. The Balaban J connectivity index is 1.90. The van der Waals surface area contributed by atoms with Crippen molar-refractivity contribution >= 4 is 11.3 Å². The van der Waals surface area contributed by atoms with Crippen LogP contribution in [-0.2, 0) is 6.54 Å². The normalized spacial score (nSPS) is 24.0. The van der Waals surface area contributed by atoms with Crippen molar-refractivity contribution in [2.45, 2.75) is 32.4 Å². The smallest absolute Gasteiger partial charge is 0.0897 e. The fraction of sp³-hybridized carbons (Fsp3) is 0.700. The molecule has 1 aromatic rings. The van der Waals surface area contributed by atoms with Gasteiger partial charge in [0.2, 0.25) is 0 Å². The topological polar surface area (TPSA) is 42.2 Å². The van der Waals surface area contributed by atoms with Crippen LogP contribution in [0.4, 0.5) is 0 Å². The number of aryl methyl sites for hydroxylation is 1. The van der Waals surface area contributed by atoms with Crippen LogP contribution in [0.1, 0.15) is 22.7 Å². The van der Waals surface area contributed by atoms with Crippen LogP contribution in [0.25, 0.3) is 0 Å². The van der Waals surface area contributed by atoms with E-state index in [1.165, 1.54) is 24.3 Å². The van der Waals surface area contributed by atoms with Gasteiger partial charge in [0.05, 0.1) is 5.01 Å². The van der Waals surface area contributed by atoms with E-state index in [1.807, 2.05) is 6.20 Å². The molecular formula is C10H17N3S. The fourth-order valence-corrected chi connectivity index (χ4v) is 2.77. The minimum atomic E-state index is 0.373. The highest BCUT2D eigenvalue weighted by Gasteiger charge is 2.16. The number of piperidine rings is 1. The van der Waals surface area contributed by atoms with Crippen LogP contribution in [-0.4, -0.2) is 29.0 Å². The lowest BCUT2D eigenvalue weighted by atomic mass is 10.1. The lowest BCUT2D eigenvalue weighted by Gasteiger charge is -2.29. The van der Waals surface area contributed by atoms with Gasteiger partial charge in [0.15, 0.2) is 0 Å². The van der Waals surface area contributed by atoms with Gasteiger partial charge in [0.1, 0.15) is 0 Å². The lowest BCUT2D eigenvalue weighted by Crippen LogP contribution is -2.42. The molecular weight excluding hydrogens is 194 g/mol. The third-order valence-corrected chi connectivity index (χ3v) is 3.49. The lowest BCUT2D eigenvalue weighted by molar-refractivity contribution is 0.203. The molecule has 14 heavy (non-hydrogen) atoms. The molecule has 0 aromatic carbocycles. The summed E-state index contributed by atoms with van der Waals surface area (Å²) in [5, 5.41) is 1.15. The van der Waals surface area contributed by atoms with Gasteiger partial charge in [-0.3, -0.25) is 4.90 Å². The highest BCUT2D eigenvalue weighted by molar-refractivity contribution is 7.11. The summed E-state index contributed by atoms with van der Waals surface area (Å²) in [6.45, 7) is 5.30. The second-order valence-electron chi connectivity index (χ2n) is 3.98. The molecule has 0 aliphatic carbocycles. The molecule has 1 aliphatic rings. The van der Waals surface area contributed by atoms with Crippen molar-refractivity contribution in [1.82, 2.24) is 9.88 Å². The Morgan fingerprint density at radius 3 is 3.21 bits per heavy atom. The zero-order valence-corrected chi connectivity index (χ0v) is 9.39. The van der Waals surface area contributed by atoms with Gasteiger partial charge >= 0.3 is 0 Å². The first-order valence-electron chi connectivity index (χ1n) is 5.13. The summed E-state index contributed by atoms with van der Waals surface area (Å²) >= 11 is 1.79. The molecule has 1 atom stereocenters. The summed E-state index contributed by atoms with van der Waals surface area (Å²) in [5.41, 5.74) is 5.93. The molecule has 4 heteroatoms. The number of likely N-dealkylation sites (tertiary alicyclic amines) is 1. The second-order valence-corrected chi connectivity index (χ2v) is 5.30. The van der Waals surface area contributed by atoms with E-state index in [2.05, 4.69) is 16.8 Å². The highest BCUT2D eigenvalue weighted by atomic mass is 32.1. The van der Waals surface area contributed by atoms with Gasteiger partial charge in [-0.15, -0.1) is 11.3 Å². The standard InChI is InChI=1S/C10H17N3S/c1-8-12-5-10(14-8)7-13-4-2-3-9(11)6-13/h5,9H,2-4,6-7,11H2,1H3. The van der Waals surface area contributed by atoms with E-state index < -0.39 is 0 Å². The van der Waals surface area contributed by atoms with Gasteiger partial charge in [0.25, 0.3) is 0 Å². The average Bonchev–Trinajstić information content (AvgIpc) is 2.51. The van der Waals surface area contributed by atoms with Crippen molar-refractivity contribution in [2.75, 3.05) is 13.1 Å². The molecule has 0 saturated carbocycles. The third-order valence-electron chi connectivity index (χ3n) is 2.59. The Labute approximate surface area is 88.9 Å². The number of nitrogens with two attached hydrogens (primary N) is 1. The minimum absolute atomic E-state index is 0.373. The quantitative estimate of drug-likeness (QED) is 0.803. The Morgan fingerprint density at radius 2 is 2.57 bits per heavy atom. The first kappa shape index (κ1) is 10.1. The SMILES string of the molecule is Cc1ncc(CN2CCCC(N)C2)s1. The molecule has 78 valence electrons. The molecule has 0 radical (unpaired) electrons. The predicted octanol–water partition coefficient (Wildman–Crippen LogP) is 1.37. The third kappa shape index (κ3) is 2.53. The van der Waals surface area contributed by atoms with Crippen molar-refractivity contribution in [3.63, 3.8) is 0 Å². The number of hydrogen-bond acceptors (Lipinski definition) is 4. The minimum Gasteiger partial charge on any atom is -0.327 e. The second kappa shape index (κ2) is 4.38. The maximum Gasteiger partial charge on any atom is 0.0897 e. The first-order valence-corrected chi connectivity index (χ1v) is 5.95. The number of rotatable bonds is 2. The molecule has 1 aliphatic heterocycles. The van der Waals surface area contributed by atoms with Crippen LogP contribution in [0.5, 0.6) is 0 Å². The highest BCUT2D eigenvalue weighted by Crippen LogP contribution is 2.17. The van der Waals surface area contributed by atoms with Gasteiger partial charge in [-0.25, -0.2) is 4.98 Å². The van der Waals surface area contributed by atoms with Gasteiger partial charge < -0.3 is 5.73 Å². The summed E-state index contributed by atoms with van der Waals surface area (Å²) < 4.78 is 0. The molecule has 2 rings (SSSR count). The van der Waals surface area contributed by atoms with Crippen molar-refractivity contribution in [3.05, 3.63) is 16.1 Å². The Morgan fingerprint density at radius 1 is 1.71 bits per heavy atom. The van der Waals surface area contributed by atoms with Crippen LogP contribution in [0.15, 0.2) is 6.20 Å². The van der Waals surface area contributed by atoms with E-state index in [0.29, 0.717) is 6.04 Å². The number of nitrogens with zero attached hydrogens (tertiary/aromatic N) is 2. The summed E-state index contributed by atoms with van der Waals surface area (Å²) in [4.78, 5) is 8.05. The van der Waals surface area contributed by atoms with Crippen LogP contribution in [0.3, 0.4) is 0 Å². The largest absolute Gasteiger partial charge is 0.327 e. The summed E-state index contributed by atoms with van der Waals surface area (Å²) in [6, 6.07) is 0.373. The van der Waals surface area contributed by atoms with Crippen LogP contribution < -0.4 is 5.73 Å². The van der Waals surface area contributed by atoms with Gasteiger partial charge in [-0.05, 0) is 26.3 Å². The van der Waals surface area contributed by atoms with E-state index in [9.17, 15) is 0 Å². The van der Waals surface area contributed by atoms with E-state index >= 15 is 0 Å². The van der Waals surface area contributed by atoms with Crippen LogP contribution in [0.2, 0.25) is 0 Å². The Kier molecular flexibility index (Phi) is 3.15. The van der Waals surface area contributed by atoms with Crippen molar-refractivity contribution in [3.8, 4) is 0 Å². The van der Waals surface area contributed by atoms with E-state index in [0.717, 1.165) is 18.1 Å². The molecule has 2 heterocycles. The molecule has 2 N–H and O–H groups in total. The number of hydrogen-bond donors (Lipinski definition) is 1. The van der Waals surface area contributed by atoms with Crippen molar-refractivity contribution < 1.29 is 0 Å². The predicted molar refractivity (Wildman–Crippen MR) is 59.3 cm³/mol. The molecule has 1 fully saturated rings. The number of thiazole rings is 1. The van der Waals surface area contributed by atoms with Crippen LogP contribution in [0, 0.1) is 6.92 Å². The molecule has 3 nitrogen and oxygen atoms in total. The average molecular weight is 211 g/mol. The zero-order valence-electron chi connectivity index (χ0n) is 8.57. The van der Waals surface area contributed by atoms with E-state index in [-0.39, 0.29) is 0 Å². The van der Waals surface area contributed by atoms with Crippen molar-refractivity contribution in [2.24, 2.45) is 5.73 Å². The van der Waals surface area contributed by atoms with Gasteiger partial charge in [-0.2, -0.15) is 0 Å². The molecule has 0 bridgehead atoms. The molecule has 0 amide bonds. The summed E-state index contributed by atoms with van der Waals surface area (Å²) in [5.74, 6) is 0. The van der Waals surface area contributed by atoms with Crippen LogP contribution >= 0.6 is 11.3 Å². The van der Waals surface area contributed by atoms with E-state index in [1.54, 1.807) is 11.3 Å². The van der Waals surface area contributed by atoms with E-state index in [4.69, 9.17) is 5.73 Å². The maximum absolute atomic E-state index is 5.93. The van der Waals surface area contributed by atoms with Gasteiger partial charge in [0, 0.05) is 30.2 Å². The Hall–Kier alpha value is -0.450. The Bertz CT molecular complexity index is 297. The monoisotopic (exact) mass is 211 g/mol. The maximum atomic E-state index is 5.93. The molecule has 1 saturated heterocycles. The summed E-state index contributed by atoms with van der Waals surface area (Å²) in [6.07, 6.45) is 4.40. The van der Waals surface area contributed by atoms with Crippen molar-refractivity contribution in [1.29, 1.82) is 0 Å². The molecule has 0 spiro atoms. The van der Waals surface area contributed by atoms with Gasteiger partial charge in [-0.1, -0.05) is 0 Å². The molecule has 1 unspecified atom stereocenters. The fourth-order valence-electron chi connectivity index (χ4n) is 1.93. The molecule has 1 aromatic heterocycles.